The topological polar surface area (TPSA) is 25.8 Å². The van der Waals surface area contributed by atoms with Gasteiger partial charge in [-0.25, -0.2) is 0 Å². The van der Waals surface area contributed by atoms with Crippen molar-refractivity contribution in [1.82, 2.24) is 10.2 Å². The summed E-state index contributed by atoms with van der Waals surface area (Å²) in [5.74, 6) is 0. The first kappa shape index (κ1) is 7.66. The lowest BCUT2D eigenvalue weighted by molar-refractivity contribution is 1.01. The number of aromatic nitrogens is 2. The first-order chi connectivity index (χ1) is 5.38. The molecule has 1 aromatic rings. The van der Waals surface area contributed by atoms with Crippen molar-refractivity contribution in [2.24, 2.45) is 0 Å². The molecule has 0 saturated carbocycles. The third-order valence-corrected chi connectivity index (χ3v) is 1.40. The summed E-state index contributed by atoms with van der Waals surface area (Å²) in [6, 6.07) is 0. The standard InChI is InChI=1S/C9H10N2/c1-3-5-9-7-11-10-6-8(9)4-2/h3-7H,1H2,2H3/b8-4-,9-5-. The van der Waals surface area contributed by atoms with Crippen molar-refractivity contribution < 1.29 is 0 Å². The Morgan fingerprint density at radius 1 is 1.27 bits per heavy atom. The highest BCUT2D eigenvalue weighted by Crippen LogP contribution is 1.64. The molecule has 0 bridgehead atoms. The number of rotatable bonds is 1. The summed E-state index contributed by atoms with van der Waals surface area (Å²) in [4.78, 5) is 0. The van der Waals surface area contributed by atoms with Crippen LogP contribution in [0.5, 0.6) is 0 Å². The Hall–Kier alpha value is -1.44. The van der Waals surface area contributed by atoms with Gasteiger partial charge in [0.1, 0.15) is 0 Å². The number of hydrogen-bond acceptors (Lipinski definition) is 2. The van der Waals surface area contributed by atoms with E-state index in [4.69, 9.17) is 0 Å². The SMILES string of the molecule is C=C/C=c1/cnnc/c1=C/C. The van der Waals surface area contributed by atoms with Crippen molar-refractivity contribution in [3.05, 3.63) is 35.5 Å². The van der Waals surface area contributed by atoms with Crippen molar-refractivity contribution in [3.8, 4) is 0 Å². The van der Waals surface area contributed by atoms with E-state index in [0.717, 1.165) is 10.4 Å². The van der Waals surface area contributed by atoms with Crippen LogP contribution in [0, 0.1) is 0 Å². The van der Waals surface area contributed by atoms with Crippen LogP contribution in [0.25, 0.3) is 12.2 Å². The summed E-state index contributed by atoms with van der Waals surface area (Å²) in [7, 11) is 0. The molecule has 0 atom stereocenters. The Kier molecular flexibility index (Phi) is 2.55. The third-order valence-electron chi connectivity index (χ3n) is 1.40. The van der Waals surface area contributed by atoms with E-state index in [9.17, 15) is 0 Å². The Labute approximate surface area is 65.6 Å². The lowest BCUT2D eigenvalue weighted by Gasteiger charge is -1.84. The molecule has 1 aromatic heterocycles. The molecule has 0 fully saturated rings. The molecular formula is C9H10N2. The fourth-order valence-electron chi connectivity index (χ4n) is 0.848. The van der Waals surface area contributed by atoms with Gasteiger partial charge in [0, 0.05) is 5.22 Å². The quantitative estimate of drug-likeness (QED) is 0.567. The minimum atomic E-state index is 1.05. The van der Waals surface area contributed by atoms with Crippen molar-refractivity contribution >= 4 is 12.2 Å². The van der Waals surface area contributed by atoms with E-state index < -0.39 is 0 Å². The summed E-state index contributed by atoms with van der Waals surface area (Å²) in [6.07, 6.45) is 9.09. The Morgan fingerprint density at radius 2 is 1.91 bits per heavy atom. The van der Waals surface area contributed by atoms with Gasteiger partial charge in [0.05, 0.1) is 12.4 Å². The van der Waals surface area contributed by atoms with Gasteiger partial charge in [-0.2, -0.15) is 10.2 Å². The first-order valence-corrected chi connectivity index (χ1v) is 3.44. The molecule has 0 aliphatic rings. The highest BCUT2D eigenvalue weighted by molar-refractivity contribution is 5.36. The van der Waals surface area contributed by atoms with Crippen LogP contribution in [0.15, 0.2) is 25.0 Å². The number of allylic oxidation sites excluding steroid dienone is 1. The van der Waals surface area contributed by atoms with Gasteiger partial charge in [0.25, 0.3) is 0 Å². The summed E-state index contributed by atoms with van der Waals surface area (Å²) >= 11 is 0. The molecule has 2 heteroatoms. The van der Waals surface area contributed by atoms with E-state index in [2.05, 4.69) is 16.8 Å². The Morgan fingerprint density at radius 3 is 2.45 bits per heavy atom. The fraction of sp³-hybridized carbons (Fsp3) is 0.111. The zero-order valence-electron chi connectivity index (χ0n) is 6.49. The van der Waals surface area contributed by atoms with Gasteiger partial charge in [-0.15, -0.1) is 0 Å². The third kappa shape index (κ3) is 1.74. The minimum Gasteiger partial charge on any atom is -0.159 e. The summed E-state index contributed by atoms with van der Waals surface area (Å²) < 4.78 is 0. The van der Waals surface area contributed by atoms with E-state index in [1.165, 1.54) is 0 Å². The maximum Gasteiger partial charge on any atom is 0.0574 e. The smallest absolute Gasteiger partial charge is 0.0574 e. The van der Waals surface area contributed by atoms with Gasteiger partial charge in [0.2, 0.25) is 0 Å². The van der Waals surface area contributed by atoms with Gasteiger partial charge in [0.15, 0.2) is 0 Å². The van der Waals surface area contributed by atoms with E-state index in [0.29, 0.717) is 0 Å². The summed E-state index contributed by atoms with van der Waals surface area (Å²) in [5, 5.41) is 9.66. The van der Waals surface area contributed by atoms with E-state index in [-0.39, 0.29) is 0 Å². The van der Waals surface area contributed by atoms with Crippen molar-refractivity contribution in [3.63, 3.8) is 0 Å². The Bertz CT molecular complexity index is 352. The van der Waals surface area contributed by atoms with Crippen LogP contribution >= 0.6 is 0 Å². The lowest BCUT2D eigenvalue weighted by Crippen LogP contribution is -2.25. The van der Waals surface area contributed by atoms with Crippen molar-refractivity contribution in [2.75, 3.05) is 0 Å². The molecule has 0 aliphatic heterocycles. The zero-order valence-corrected chi connectivity index (χ0v) is 6.49. The molecule has 0 spiro atoms. The molecule has 1 rings (SSSR count). The van der Waals surface area contributed by atoms with Crippen LogP contribution in [0.1, 0.15) is 6.92 Å². The van der Waals surface area contributed by atoms with E-state index >= 15 is 0 Å². The van der Waals surface area contributed by atoms with Crippen molar-refractivity contribution in [2.45, 2.75) is 6.92 Å². The van der Waals surface area contributed by atoms with E-state index in [1.54, 1.807) is 18.5 Å². The molecule has 0 radical (unpaired) electrons. The second-order valence-electron chi connectivity index (χ2n) is 2.09. The average Bonchev–Trinajstić information content (AvgIpc) is 2.06. The predicted molar refractivity (Wildman–Crippen MR) is 46.1 cm³/mol. The Balaban J connectivity index is 3.48. The molecular weight excluding hydrogens is 136 g/mol. The van der Waals surface area contributed by atoms with Crippen LogP contribution < -0.4 is 10.4 Å². The normalized spacial score (nSPS) is 13.5. The summed E-state index contributed by atoms with van der Waals surface area (Å²) in [5.41, 5.74) is 0. The molecule has 0 N–H and O–H groups in total. The van der Waals surface area contributed by atoms with E-state index in [1.807, 2.05) is 19.1 Å². The number of hydrogen-bond donors (Lipinski definition) is 0. The molecule has 11 heavy (non-hydrogen) atoms. The second-order valence-corrected chi connectivity index (χ2v) is 2.09. The molecule has 56 valence electrons. The fourth-order valence-corrected chi connectivity index (χ4v) is 0.848. The highest BCUT2D eigenvalue weighted by Gasteiger charge is 1.80. The monoisotopic (exact) mass is 146 g/mol. The van der Waals surface area contributed by atoms with Gasteiger partial charge in [-0.3, -0.25) is 0 Å². The van der Waals surface area contributed by atoms with Crippen molar-refractivity contribution in [1.29, 1.82) is 0 Å². The molecule has 0 amide bonds. The zero-order chi connectivity index (χ0) is 8.10. The van der Waals surface area contributed by atoms with Crippen LogP contribution in [-0.2, 0) is 0 Å². The molecule has 0 unspecified atom stereocenters. The first-order valence-electron chi connectivity index (χ1n) is 3.44. The van der Waals surface area contributed by atoms with Crippen LogP contribution in [0.3, 0.4) is 0 Å². The maximum absolute atomic E-state index is 3.76. The van der Waals surface area contributed by atoms with Gasteiger partial charge < -0.3 is 0 Å². The highest BCUT2D eigenvalue weighted by atomic mass is 15.1. The van der Waals surface area contributed by atoms with Crippen LogP contribution in [0.4, 0.5) is 0 Å². The van der Waals surface area contributed by atoms with Gasteiger partial charge >= 0.3 is 0 Å². The summed E-state index contributed by atoms with van der Waals surface area (Å²) in [6.45, 7) is 5.58. The molecule has 0 aromatic carbocycles. The lowest BCUT2D eigenvalue weighted by atomic mass is 10.3. The number of nitrogens with zero attached hydrogens (tertiary/aromatic N) is 2. The van der Waals surface area contributed by atoms with Gasteiger partial charge in [-0.05, 0) is 12.1 Å². The molecule has 0 aliphatic carbocycles. The second kappa shape index (κ2) is 3.66. The maximum atomic E-state index is 3.76. The van der Waals surface area contributed by atoms with Gasteiger partial charge in [-0.1, -0.05) is 24.8 Å². The largest absolute Gasteiger partial charge is 0.159 e. The van der Waals surface area contributed by atoms with Crippen LogP contribution in [-0.4, -0.2) is 10.2 Å². The predicted octanol–water partition coefficient (Wildman–Crippen LogP) is 0.243. The molecule has 2 nitrogen and oxygen atoms in total. The van der Waals surface area contributed by atoms with Crippen LogP contribution in [0.2, 0.25) is 0 Å². The minimum absolute atomic E-state index is 1.05. The molecule has 0 saturated heterocycles. The average molecular weight is 146 g/mol. The molecule has 1 heterocycles.